The van der Waals surface area contributed by atoms with Gasteiger partial charge in [0.2, 0.25) is 5.91 Å². The fraction of sp³-hybridized carbons (Fsp3) is 0.810. The van der Waals surface area contributed by atoms with Crippen molar-refractivity contribution in [3.8, 4) is 6.07 Å². The lowest BCUT2D eigenvalue weighted by Crippen LogP contribution is -2.65. The molecule has 4 bridgehead atoms. The Balaban J connectivity index is 0.000000275. The van der Waals surface area contributed by atoms with Gasteiger partial charge in [0.05, 0.1) is 31.1 Å². The lowest BCUT2D eigenvalue weighted by atomic mass is 9.51. The maximum atomic E-state index is 12.4. The SMILES string of the molecule is N#C[C@@H]1CCCN1C(=O)CNC12CC3CC(CC(O)(C3)C1)C2.O=C(O)CCC(=O)O. The van der Waals surface area contributed by atoms with Crippen LogP contribution in [0.4, 0.5) is 0 Å². The maximum Gasteiger partial charge on any atom is 0.303 e. The number of amides is 1. The highest BCUT2D eigenvalue weighted by molar-refractivity contribution is 5.79. The Morgan fingerprint density at radius 1 is 1.07 bits per heavy atom. The summed E-state index contributed by atoms with van der Waals surface area (Å²) in [4.78, 5) is 33.4. The van der Waals surface area contributed by atoms with E-state index in [-0.39, 0.29) is 30.3 Å². The summed E-state index contributed by atoms with van der Waals surface area (Å²) in [5, 5.41) is 39.2. The second-order valence-electron chi connectivity index (χ2n) is 9.48. The van der Waals surface area contributed by atoms with Crippen LogP contribution in [-0.2, 0) is 14.4 Å². The molecule has 5 fully saturated rings. The zero-order chi connectivity index (χ0) is 21.9. The highest BCUT2D eigenvalue weighted by atomic mass is 16.4. The number of carbonyl (C=O) groups excluding carboxylic acids is 1. The van der Waals surface area contributed by atoms with E-state index in [2.05, 4.69) is 11.4 Å². The van der Waals surface area contributed by atoms with Crippen LogP contribution < -0.4 is 5.32 Å². The Labute approximate surface area is 176 Å². The molecule has 1 heterocycles. The van der Waals surface area contributed by atoms with Gasteiger partial charge in [-0.3, -0.25) is 14.4 Å². The van der Waals surface area contributed by atoms with Gasteiger partial charge in [0.15, 0.2) is 0 Å². The highest BCUT2D eigenvalue weighted by Gasteiger charge is 2.57. The van der Waals surface area contributed by atoms with Gasteiger partial charge in [-0.25, -0.2) is 0 Å². The number of aliphatic carboxylic acids is 2. The van der Waals surface area contributed by atoms with Crippen LogP contribution >= 0.6 is 0 Å². The molecule has 1 aliphatic heterocycles. The number of nitrogens with zero attached hydrogens (tertiary/aromatic N) is 2. The predicted octanol–water partition coefficient (Wildman–Crippen LogP) is 1.11. The first kappa shape index (κ1) is 22.5. The normalized spacial score (nSPS) is 36.0. The molecule has 9 heteroatoms. The number of carboxylic acid groups (broad SMARTS) is 2. The van der Waals surface area contributed by atoms with Crippen molar-refractivity contribution in [2.24, 2.45) is 11.8 Å². The molecule has 4 aliphatic carbocycles. The van der Waals surface area contributed by atoms with Gasteiger partial charge in [0, 0.05) is 12.1 Å². The Morgan fingerprint density at radius 3 is 2.17 bits per heavy atom. The molecular weight excluding hydrogens is 390 g/mol. The number of hydrogen-bond acceptors (Lipinski definition) is 6. The number of nitrogens with one attached hydrogen (secondary N) is 1. The van der Waals surface area contributed by atoms with Crippen LogP contribution in [0.2, 0.25) is 0 Å². The van der Waals surface area contributed by atoms with Gasteiger partial charge in [-0.05, 0) is 63.2 Å². The van der Waals surface area contributed by atoms with E-state index in [1.54, 1.807) is 4.90 Å². The van der Waals surface area contributed by atoms with Crippen molar-refractivity contribution in [3.05, 3.63) is 0 Å². The second kappa shape index (κ2) is 8.90. The van der Waals surface area contributed by atoms with Crippen LogP contribution in [0.15, 0.2) is 0 Å². The lowest BCUT2D eigenvalue weighted by molar-refractivity contribution is -0.147. The standard InChI is InChI=1S/C17H25N3O2.C4H6O4/c18-9-14-2-1-3-20(14)15(21)10-19-16-5-12-4-13(6-16)8-17(22,7-12)11-16;5-3(6)1-2-4(7)8/h12-14,19,22H,1-8,10-11H2;1-2H2,(H,5,6)(H,7,8)/t12?,13?,14-,16?,17?;/m0./s1. The van der Waals surface area contributed by atoms with Crippen LogP contribution in [0.25, 0.3) is 0 Å². The van der Waals surface area contributed by atoms with Gasteiger partial charge in [-0.15, -0.1) is 0 Å². The van der Waals surface area contributed by atoms with E-state index in [9.17, 15) is 19.5 Å². The zero-order valence-corrected chi connectivity index (χ0v) is 17.2. The molecule has 9 nitrogen and oxygen atoms in total. The molecule has 4 N–H and O–H groups in total. The molecule has 5 rings (SSSR count). The van der Waals surface area contributed by atoms with Crippen LogP contribution in [0.5, 0.6) is 0 Å². The summed E-state index contributed by atoms with van der Waals surface area (Å²) >= 11 is 0. The summed E-state index contributed by atoms with van der Waals surface area (Å²) in [5.41, 5.74) is -0.542. The first-order valence-electron chi connectivity index (χ1n) is 10.7. The molecule has 3 atom stereocenters. The molecule has 0 aromatic heterocycles. The molecule has 0 spiro atoms. The smallest absolute Gasteiger partial charge is 0.303 e. The average Bonchev–Trinajstić information content (AvgIpc) is 3.12. The van der Waals surface area contributed by atoms with Crippen molar-refractivity contribution in [1.29, 1.82) is 5.26 Å². The van der Waals surface area contributed by atoms with Gasteiger partial charge in [-0.2, -0.15) is 5.26 Å². The summed E-state index contributed by atoms with van der Waals surface area (Å²) in [6, 6.07) is 1.99. The van der Waals surface area contributed by atoms with Crippen molar-refractivity contribution < 1.29 is 29.7 Å². The summed E-state index contributed by atoms with van der Waals surface area (Å²) < 4.78 is 0. The Bertz CT molecular complexity index is 705. The van der Waals surface area contributed by atoms with Crippen molar-refractivity contribution in [2.45, 2.75) is 81.4 Å². The van der Waals surface area contributed by atoms with E-state index in [4.69, 9.17) is 15.5 Å². The van der Waals surface area contributed by atoms with Crippen molar-refractivity contribution in [1.82, 2.24) is 10.2 Å². The molecule has 1 amide bonds. The maximum absolute atomic E-state index is 12.4. The molecule has 2 unspecified atom stereocenters. The summed E-state index contributed by atoms with van der Waals surface area (Å²) in [5.74, 6) is -0.869. The third kappa shape index (κ3) is 5.29. The van der Waals surface area contributed by atoms with E-state index in [1.165, 1.54) is 6.42 Å². The minimum atomic E-state index is -1.08. The number of aliphatic hydroxyl groups is 1. The lowest BCUT2D eigenvalue weighted by Gasteiger charge is -2.60. The third-order valence-electron chi connectivity index (χ3n) is 6.92. The first-order chi connectivity index (χ1) is 14.1. The quantitative estimate of drug-likeness (QED) is 0.498. The van der Waals surface area contributed by atoms with Crippen LogP contribution in [0.1, 0.15) is 64.2 Å². The monoisotopic (exact) mass is 421 g/mol. The van der Waals surface area contributed by atoms with Crippen LogP contribution in [0.3, 0.4) is 0 Å². The van der Waals surface area contributed by atoms with E-state index in [0.29, 0.717) is 24.9 Å². The molecule has 30 heavy (non-hydrogen) atoms. The topological polar surface area (TPSA) is 151 Å². The summed E-state index contributed by atoms with van der Waals surface area (Å²) in [7, 11) is 0. The number of hydrogen-bond donors (Lipinski definition) is 4. The van der Waals surface area contributed by atoms with Crippen LogP contribution in [0, 0.1) is 23.2 Å². The fourth-order valence-electron chi connectivity index (χ4n) is 6.20. The van der Waals surface area contributed by atoms with E-state index >= 15 is 0 Å². The van der Waals surface area contributed by atoms with Gasteiger partial charge in [0.1, 0.15) is 6.04 Å². The largest absolute Gasteiger partial charge is 0.481 e. The van der Waals surface area contributed by atoms with Gasteiger partial charge < -0.3 is 25.5 Å². The number of rotatable bonds is 6. The van der Waals surface area contributed by atoms with Crippen molar-refractivity contribution in [2.75, 3.05) is 13.1 Å². The Morgan fingerprint density at radius 2 is 1.67 bits per heavy atom. The van der Waals surface area contributed by atoms with Gasteiger partial charge >= 0.3 is 11.9 Å². The minimum absolute atomic E-state index is 0.0453. The summed E-state index contributed by atoms with van der Waals surface area (Å²) in [6.07, 6.45) is 7.28. The third-order valence-corrected chi connectivity index (χ3v) is 6.92. The first-order valence-corrected chi connectivity index (χ1v) is 10.7. The molecule has 0 aromatic carbocycles. The minimum Gasteiger partial charge on any atom is -0.481 e. The van der Waals surface area contributed by atoms with E-state index in [1.807, 2.05) is 0 Å². The highest BCUT2D eigenvalue weighted by Crippen LogP contribution is 2.57. The molecule has 0 aromatic rings. The van der Waals surface area contributed by atoms with Crippen molar-refractivity contribution in [3.63, 3.8) is 0 Å². The molecule has 4 saturated carbocycles. The number of nitriles is 1. The number of likely N-dealkylation sites (tertiary alicyclic amines) is 1. The van der Waals surface area contributed by atoms with Gasteiger partial charge in [-0.1, -0.05) is 0 Å². The van der Waals surface area contributed by atoms with Crippen LogP contribution in [-0.4, -0.2) is 68.3 Å². The average molecular weight is 421 g/mol. The van der Waals surface area contributed by atoms with E-state index < -0.39 is 17.5 Å². The zero-order valence-electron chi connectivity index (χ0n) is 17.2. The fourth-order valence-corrected chi connectivity index (χ4v) is 6.20. The Hall–Kier alpha value is -2.18. The second-order valence-corrected chi connectivity index (χ2v) is 9.48. The number of carboxylic acids is 2. The molecule has 5 aliphatic rings. The molecule has 0 radical (unpaired) electrons. The molecular formula is C21H31N3O6. The predicted molar refractivity (Wildman–Crippen MR) is 105 cm³/mol. The summed E-state index contributed by atoms with van der Waals surface area (Å²) in [6.45, 7) is 1.02. The molecule has 166 valence electrons. The molecule has 1 saturated heterocycles. The Kier molecular flexibility index (Phi) is 6.68. The van der Waals surface area contributed by atoms with E-state index in [0.717, 1.165) is 44.9 Å². The van der Waals surface area contributed by atoms with Gasteiger partial charge in [0.25, 0.3) is 0 Å². The number of carbonyl (C=O) groups is 3. The van der Waals surface area contributed by atoms with Crippen molar-refractivity contribution >= 4 is 17.8 Å².